The average molecular weight is 233 g/mol. The molecular weight excluding hydrogens is 222 g/mol. The van der Waals surface area contributed by atoms with E-state index in [4.69, 9.17) is 9.47 Å². The maximum absolute atomic E-state index is 5.32. The quantitative estimate of drug-likeness (QED) is 0.745. The molecule has 16 heavy (non-hydrogen) atoms. The highest BCUT2D eigenvalue weighted by Gasteiger charge is 2.15. The first kappa shape index (κ1) is 9.78. The highest BCUT2D eigenvalue weighted by molar-refractivity contribution is 8.16. The van der Waals surface area contributed by atoms with Gasteiger partial charge in [-0.05, 0) is 17.5 Å². The lowest BCUT2D eigenvalue weighted by Gasteiger charge is -2.03. The van der Waals surface area contributed by atoms with Crippen molar-refractivity contribution in [2.45, 2.75) is 6.92 Å². The van der Waals surface area contributed by atoms with Crippen LogP contribution in [0.25, 0.3) is 0 Å². The van der Waals surface area contributed by atoms with Crippen LogP contribution in [0.4, 0.5) is 5.69 Å². The lowest BCUT2D eigenvalue weighted by Crippen LogP contribution is -1.97. The molecule has 2 aliphatic heterocycles. The van der Waals surface area contributed by atoms with Gasteiger partial charge in [0.05, 0.1) is 10.7 Å². The summed E-state index contributed by atoms with van der Waals surface area (Å²) in [5, 5.41) is 3.20. The lowest BCUT2D eigenvalue weighted by atomic mass is 10.2. The van der Waals surface area contributed by atoms with Crippen LogP contribution in [0.3, 0.4) is 0 Å². The van der Waals surface area contributed by atoms with Crippen LogP contribution in [-0.4, -0.2) is 11.8 Å². The van der Waals surface area contributed by atoms with Gasteiger partial charge in [-0.1, -0.05) is 24.8 Å². The summed E-state index contributed by atoms with van der Waals surface area (Å²) in [6.07, 6.45) is 2.15. The van der Waals surface area contributed by atoms with E-state index in [-0.39, 0.29) is 0 Å². The fraction of sp³-hybridized carbons (Fsp3) is 0.250. The molecule has 1 atom stereocenters. The topological polar surface area (TPSA) is 30.8 Å². The first-order valence-electron chi connectivity index (χ1n) is 5.14. The summed E-state index contributed by atoms with van der Waals surface area (Å²) in [5.41, 5.74) is 0.919. The van der Waals surface area contributed by atoms with Crippen molar-refractivity contribution in [2.75, 3.05) is 6.79 Å². The van der Waals surface area contributed by atoms with E-state index in [1.807, 2.05) is 18.2 Å². The van der Waals surface area contributed by atoms with Crippen molar-refractivity contribution in [1.29, 1.82) is 0 Å². The van der Waals surface area contributed by atoms with Crippen LogP contribution in [0.2, 0.25) is 0 Å². The Morgan fingerprint density at radius 1 is 1.31 bits per heavy atom. The SMILES string of the molecule is CC1C=CSC1=Nc1ccc2c(c1)OCO2. The minimum absolute atomic E-state index is 0.308. The molecule has 0 bridgehead atoms. The maximum atomic E-state index is 5.32. The molecule has 82 valence electrons. The van der Waals surface area contributed by atoms with E-state index in [1.54, 1.807) is 11.8 Å². The number of rotatable bonds is 1. The van der Waals surface area contributed by atoms with Crippen LogP contribution in [0.15, 0.2) is 34.7 Å². The normalized spacial score (nSPS) is 24.3. The van der Waals surface area contributed by atoms with Crippen molar-refractivity contribution < 1.29 is 9.47 Å². The molecule has 0 aliphatic carbocycles. The van der Waals surface area contributed by atoms with E-state index in [0.29, 0.717) is 12.7 Å². The number of ether oxygens (including phenoxy) is 2. The van der Waals surface area contributed by atoms with Crippen LogP contribution < -0.4 is 9.47 Å². The summed E-state index contributed by atoms with van der Waals surface area (Å²) in [5.74, 6) is 2.00. The van der Waals surface area contributed by atoms with E-state index in [0.717, 1.165) is 22.2 Å². The molecule has 4 heteroatoms. The van der Waals surface area contributed by atoms with Gasteiger partial charge in [-0.15, -0.1) is 0 Å². The van der Waals surface area contributed by atoms with Crippen LogP contribution in [0.5, 0.6) is 11.5 Å². The number of hydrogen-bond acceptors (Lipinski definition) is 4. The molecule has 1 aromatic rings. The zero-order valence-electron chi connectivity index (χ0n) is 8.84. The molecule has 2 heterocycles. The van der Waals surface area contributed by atoms with Crippen LogP contribution in [0, 0.1) is 5.92 Å². The Morgan fingerprint density at radius 3 is 3.00 bits per heavy atom. The van der Waals surface area contributed by atoms with Gasteiger partial charge >= 0.3 is 0 Å². The Balaban J connectivity index is 1.91. The highest BCUT2D eigenvalue weighted by atomic mass is 32.2. The Labute approximate surface area is 98.2 Å². The zero-order chi connectivity index (χ0) is 11.0. The fourth-order valence-electron chi connectivity index (χ4n) is 1.63. The number of thioether (sulfide) groups is 1. The number of aliphatic imine (C=N–C) groups is 1. The predicted molar refractivity (Wildman–Crippen MR) is 65.6 cm³/mol. The maximum Gasteiger partial charge on any atom is 0.231 e. The smallest absolute Gasteiger partial charge is 0.231 e. The van der Waals surface area contributed by atoms with E-state index in [1.165, 1.54) is 0 Å². The Morgan fingerprint density at radius 2 is 2.19 bits per heavy atom. The monoisotopic (exact) mass is 233 g/mol. The summed E-state index contributed by atoms with van der Waals surface area (Å²) in [6.45, 7) is 2.45. The molecule has 2 aliphatic rings. The second-order valence-corrected chi connectivity index (χ2v) is 4.65. The summed E-state index contributed by atoms with van der Waals surface area (Å²) in [6, 6.07) is 5.77. The zero-order valence-corrected chi connectivity index (χ0v) is 9.66. The average Bonchev–Trinajstić information content (AvgIpc) is 2.88. The number of nitrogens with zero attached hydrogens (tertiary/aromatic N) is 1. The largest absolute Gasteiger partial charge is 0.454 e. The molecule has 0 radical (unpaired) electrons. The van der Waals surface area contributed by atoms with Gasteiger partial charge in [-0.3, -0.25) is 0 Å². The van der Waals surface area contributed by atoms with Gasteiger partial charge in [-0.2, -0.15) is 0 Å². The third-order valence-corrected chi connectivity index (χ3v) is 3.54. The minimum Gasteiger partial charge on any atom is -0.454 e. The minimum atomic E-state index is 0.308. The number of benzene rings is 1. The molecule has 3 rings (SSSR count). The second-order valence-electron chi connectivity index (χ2n) is 3.72. The molecule has 0 saturated carbocycles. The van der Waals surface area contributed by atoms with Crippen molar-refractivity contribution in [3.05, 3.63) is 29.7 Å². The molecule has 0 aromatic heterocycles. The second kappa shape index (κ2) is 3.87. The Bertz CT molecular complexity index is 482. The molecule has 0 saturated heterocycles. The third-order valence-electron chi connectivity index (χ3n) is 2.54. The fourth-order valence-corrected chi connectivity index (χ4v) is 2.53. The van der Waals surface area contributed by atoms with E-state index >= 15 is 0 Å². The summed E-state index contributed by atoms with van der Waals surface area (Å²) in [7, 11) is 0. The third kappa shape index (κ3) is 1.69. The number of hydrogen-bond donors (Lipinski definition) is 0. The first-order valence-corrected chi connectivity index (χ1v) is 6.02. The van der Waals surface area contributed by atoms with Gasteiger partial charge in [0.15, 0.2) is 11.5 Å². The van der Waals surface area contributed by atoms with Gasteiger partial charge < -0.3 is 9.47 Å². The van der Waals surface area contributed by atoms with Crippen molar-refractivity contribution >= 4 is 22.5 Å². The molecule has 3 nitrogen and oxygen atoms in total. The molecule has 1 unspecified atom stereocenters. The molecule has 1 aromatic carbocycles. The van der Waals surface area contributed by atoms with Crippen LogP contribution in [0.1, 0.15) is 6.92 Å². The Kier molecular flexibility index (Phi) is 2.36. The van der Waals surface area contributed by atoms with Crippen molar-refractivity contribution in [1.82, 2.24) is 0 Å². The van der Waals surface area contributed by atoms with Gasteiger partial charge in [0.25, 0.3) is 0 Å². The molecular formula is C12H11NO2S. The molecule has 0 N–H and O–H groups in total. The Hall–Kier alpha value is -1.42. The summed E-state index contributed by atoms with van der Waals surface area (Å²) in [4.78, 5) is 4.60. The lowest BCUT2D eigenvalue weighted by molar-refractivity contribution is 0.174. The van der Waals surface area contributed by atoms with E-state index in [2.05, 4.69) is 23.4 Å². The van der Waals surface area contributed by atoms with Crippen LogP contribution >= 0.6 is 11.8 Å². The van der Waals surface area contributed by atoms with Crippen molar-refractivity contribution in [3.8, 4) is 11.5 Å². The van der Waals surface area contributed by atoms with E-state index < -0.39 is 0 Å². The highest BCUT2D eigenvalue weighted by Crippen LogP contribution is 2.36. The predicted octanol–water partition coefficient (Wildman–Crippen LogP) is 3.34. The molecule has 0 amide bonds. The van der Waals surface area contributed by atoms with Gasteiger partial charge in [-0.25, -0.2) is 4.99 Å². The standard InChI is InChI=1S/C12H11NO2S/c1-8-4-5-16-12(8)13-9-2-3-10-11(6-9)15-7-14-10/h2-6,8H,7H2,1H3. The van der Waals surface area contributed by atoms with Gasteiger partial charge in [0.1, 0.15) is 0 Å². The van der Waals surface area contributed by atoms with Crippen LogP contribution in [-0.2, 0) is 0 Å². The van der Waals surface area contributed by atoms with Crippen molar-refractivity contribution in [3.63, 3.8) is 0 Å². The number of fused-ring (bicyclic) bond motifs is 1. The van der Waals surface area contributed by atoms with E-state index in [9.17, 15) is 0 Å². The molecule has 0 spiro atoms. The van der Waals surface area contributed by atoms with Crippen molar-refractivity contribution in [2.24, 2.45) is 10.9 Å². The summed E-state index contributed by atoms with van der Waals surface area (Å²) < 4.78 is 10.6. The first-order chi connectivity index (χ1) is 7.83. The van der Waals surface area contributed by atoms with Gasteiger partial charge in [0.2, 0.25) is 6.79 Å². The van der Waals surface area contributed by atoms with Gasteiger partial charge in [0, 0.05) is 12.0 Å². The molecule has 0 fully saturated rings. The summed E-state index contributed by atoms with van der Waals surface area (Å²) >= 11 is 1.68. The number of allylic oxidation sites excluding steroid dienone is 1.